The molecule has 0 radical (unpaired) electrons. The van der Waals surface area contributed by atoms with Crippen LogP contribution in [0.3, 0.4) is 0 Å². The number of allylic oxidation sites excluding steroid dienone is 2. The first-order chi connectivity index (χ1) is 12.4. The molecule has 0 heterocycles. The summed E-state index contributed by atoms with van der Waals surface area (Å²) < 4.78 is 4.60. The number of rotatable bonds is 4. The van der Waals surface area contributed by atoms with Crippen LogP contribution in [0.5, 0.6) is 0 Å². The van der Waals surface area contributed by atoms with Crippen molar-refractivity contribution >= 4 is 51.5 Å². The molecule has 0 unspecified atom stereocenters. The van der Waals surface area contributed by atoms with Crippen molar-refractivity contribution in [2.45, 2.75) is 25.7 Å². The number of hydrogen-bond donors (Lipinski definition) is 3. The first kappa shape index (κ1) is 26.3. The van der Waals surface area contributed by atoms with E-state index in [1.807, 2.05) is 0 Å². The average molecular weight is 452 g/mol. The second-order valence-corrected chi connectivity index (χ2v) is 5.94. The second-order valence-electron chi connectivity index (χ2n) is 4.58. The summed E-state index contributed by atoms with van der Waals surface area (Å²) in [7, 11) is 2.31. The maximum Gasteiger partial charge on any atom is 0.292 e. The topological polar surface area (TPSA) is 119 Å². The van der Waals surface area contributed by atoms with Crippen LogP contribution in [0.2, 0.25) is 5.02 Å². The minimum absolute atomic E-state index is 0.343. The van der Waals surface area contributed by atoms with Crippen LogP contribution in [0.15, 0.2) is 34.8 Å². The van der Waals surface area contributed by atoms with Crippen molar-refractivity contribution in [3.8, 4) is 0 Å². The number of carbonyl (C=O) groups is 3. The monoisotopic (exact) mass is 450 g/mol. The van der Waals surface area contributed by atoms with Crippen molar-refractivity contribution in [3.05, 3.63) is 39.8 Å². The third-order valence-electron chi connectivity index (χ3n) is 2.49. The summed E-state index contributed by atoms with van der Waals surface area (Å²) in [6, 6.07) is 4.93. The standard InChI is InChI=1S/C9H8BrClN2O2.C5H8.C2H4O2.CH4O/c10-5-1-6(11)3-7(2-5)13-9(15)4-8(12)14;1-2-4-5-3-1;1-4-2-3;1-2/h1-3H,4H2,(H2,12,14)(H,13,15);1-2H,3-5H2;2H,1H3;2H,1H3. The summed E-state index contributed by atoms with van der Waals surface area (Å²) in [6.07, 6.45) is 8.16. The Bertz CT molecular complexity index is 556. The molecule has 1 aliphatic rings. The highest BCUT2D eigenvalue weighted by molar-refractivity contribution is 9.10. The van der Waals surface area contributed by atoms with E-state index in [1.165, 1.54) is 26.4 Å². The number of benzene rings is 1. The van der Waals surface area contributed by atoms with Gasteiger partial charge in [-0.05, 0) is 37.5 Å². The third-order valence-corrected chi connectivity index (χ3v) is 3.16. The molecule has 1 aliphatic carbocycles. The highest BCUT2D eigenvalue weighted by atomic mass is 79.9. The van der Waals surface area contributed by atoms with Gasteiger partial charge in [-0.25, -0.2) is 0 Å². The van der Waals surface area contributed by atoms with Gasteiger partial charge < -0.3 is 20.9 Å². The zero-order chi connectivity index (χ0) is 20.4. The molecule has 0 fully saturated rings. The van der Waals surface area contributed by atoms with E-state index in [9.17, 15) is 9.59 Å². The molecule has 26 heavy (non-hydrogen) atoms. The number of anilines is 1. The van der Waals surface area contributed by atoms with E-state index < -0.39 is 11.8 Å². The van der Waals surface area contributed by atoms with E-state index >= 15 is 0 Å². The van der Waals surface area contributed by atoms with Gasteiger partial charge in [0, 0.05) is 22.3 Å². The maximum absolute atomic E-state index is 11.2. The second kappa shape index (κ2) is 17.9. The third kappa shape index (κ3) is 16.9. The molecule has 0 saturated carbocycles. The van der Waals surface area contributed by atoms with E-state index in [1.54, 1.807) is 18.2 Å². The van der Waals surface area contributed by atoms with E-state index in [0.717, 1.165) is 11.6 Å². The van der Waals surface area contributed by atoms with Crippen LogP contribution in [-0.2, 0) is 19.1 Å². The lowest BCUT2D eigenvalue weighted by Gasteiger charge is -2.04. The number of nitrogens with one attached hydrogen (secondary N) is 1. The number of nitrogens with two attached hydrogens (primary N) is 1. The molecular weight excluding hydrogens is 428 g/mol. The number of methoxy groups -OCH3 is 1. The summed E-state index contributed by atoms with van der Waals surface area (Å²) in [5.41, 5.74) is 5.39. The molecule has 0 aromatic heterocycles. The average Bonchev–Trinajstić information content (AvgIpc) is 3.15. The number of aliphatic hydroxyl groups excluding tert-OH is 1. The van der Waals surface area contributed by atoms with E-state index in [0.29, 0.717) is 17.2 Å². The van der Waals surface area contributed by atoms with Crippen molar-refractivity contribution in [2.24, 2.45) is 5.73 Å². The highest BCUT2D eigenvalue weighted by Crippen LogP contribution is 2.22. The van der Waals surface area contributed by atoms with Gasteiger partial charge >= 0.3 is 0 Å². The Hall–Kier alpha value is -1.90. The number of hydrogen-bond acceptors (Lipinski definition) is 5. The molecule has 2 rings (SSSR count). The molecule has 0 aliphatic heterocycles. The predicted molar refractivity (Wildman–Crippen MR) is 106 cm³/mol. The molecule has 0 saturated heterocycles. The van der Waals surface area contributed by atoms with Crippen LogP contribution in [0.25, 0.3) is 0 Å². The number of halogens is 2. The summed E-state index contributed by atoms with van der Waals surface area (Å²) in [4.78, 5) is 30.6. The zero-order valence-corrected chi connectivity index (χ0v) is 17.0. The molecule has 4 N–H and O–H groups in total. The van der Waals surface area contributed by atoms with Gasteiger partial charge in [0.05, 0.1) is 7.11 Å². The van der Waals surface area contributed by atoms with Crippen molar-refractivity contribution in [1.82, 2.24) is 0 Å². The molecule has 2 amide bonds. The number of aliphatic hydroxyl groups is 1. The first-order valence-corrected chi connectivity index (χ1v) is 8.66. The molecule has 1 aromatic rings. The Morgan fingerprint density at radius 3 is 2.19 bits per heavy atom. The lowest BCUT2D eigenvalue weighted by atomic mass is 10.3. The number of carbonyl (C=O) groups excluding carboxylic acids is 3. The van der Waals surface area contributed by atoms with Crippen molar-refractivity contribution in [1.29, 1.82) is 0 Å². The SMILES string of the molecule is C1=CCCC1.CO.COC=O.NC(=O)CC(=O)Nc1cc(Cl)cc(Br)c1. The number of ether oxygens (including phenoxy) is 1. The maximum atomic E-state index is 11.2. The van der Waals surface area contributed by atoms with Crippen molar-refractivity contribution in [3.63, 3.8) is 0 Å². The minimum Gasteiger partial charge on any atom is -0.471 e. The molecule has 0 atom stereocenters. The summed E-state index contributed by atoms with van der Waals surface area (Å²) >= 11 is 8.99. The van der Waals surface area contributed by atoms with E-state index in [2.05, 4.69) is 38.1 Å². The lowest BCUT2D eigenvalue weighted by Crippen LogP contribution is -2.21. The van der Waals surface area contributed by atoms with Gasteiger partial charge in [-0.3, -0.25) is 14.4 Å². The molecule has 9 heteroatoms. The zero-order valence-electron chi connectivity index (χ0n) is 14.7. The van der Waals surface area contributed by atoms with Crippen LogP contribution in [0, 0.1) is 0 Å². The van der Waals surface area contributed by atoms with E-state index in [4.69, 9.17) is 27.2 Å². The van der Waals surface area contributed by atoms with Gasteiger partial charge in [0.15, 0.2) is 0 Å². The van der Waals surface area contributed by atoms with Crippen LogP contribution in [0.1, 0.15) is 25.7 Å². The van der Waals surface area contributed by atoms with Gasteiger partial charge in [0.1, 0.15) is 6.42 Å². The Morgan fingerprint density at radius 2 is 1.85 bits per heavy atom. The predicted octanol–water partition coefficient (Wildman–Crippen LogP) is 3.04. The number of amides is 2. The van der Waals surface area contributed by atoms with Crippen LogP contribution < -0.4 is 11.1 Å². The normalized spacial score (nSPS) is 10.7. The quantitative estimate of drug-likeness (QED) is 0.369. The molecule has 1 aromatic carbocycles. The molecule has 146 valence electrons. The fraction of sp³-hybridized carbons (Fsp3) is 0.353. The first-order valence-electron chi connectivity index (χ1n) is 7.49. The Labute approximate surface area is 166 Å². The summed E-state index contributed by atoms with van der Waals surface area (Å²) in [6.45, 7) is 0.375. The van der Waals surface area contributed by atoms with Crippen molar-refractivity contribution in [2.75, 3.05) is 19.5 Å². The minimum atomic E-state index is -0.673. The highest BCUT2D eigenvalue weighted by Gasteiger charge is 2.06. The van der Waals surface area contributed by atoms with Gasteiger partial charge in [-0.1, -0.05) is 39.7 Å². The van der Waals surface area contributed by atoms with Gasteiger partial charge in [0.2, 0.25) is 11.8 Å². The van der Waals surface area contributed by atoms with Gasteiger partial charge in [-0.15, -0.1) is 0 Å². The summed E-state index contributed by atoms with van der Waals surface area (Å²) in [5, 5.41) is 9.99. The Balaban J connectivity index is 0. The van der Waals surface area contributed by atoms with Crippen LogP contribution in [-0.4, -0.2) is 37.6 Å². The van der Waals surface area contributed by atoms with Gasteiger partial charge in [0.25, 0.3) is 6.47 Å². The fourth-order valence-electron chi connectivity index (χ4n) is 1.58. The Morgan fingerprint density at radius 1 is 1.31 bits per heavy atom. The largest absolute Gasteiger partial charge is 0.471 e. The number of primary amides is 1. The fourth-order valence-corrected chi connectivity index (χ4v) is 2.44. The van der Waals surface area contributed by atoms with Crippen molar-refractivity contribution < 1.29 is 24.2 Å². The van der Waals surface area contributed by atoms with Gasteiger partial charge in [-0.2, -0.15) is 0 Å². The molecule has 0 spiro atoms. The molecule has 0 bridgehead atoms. The Kier molecular flexibility index (Phi) is 18.1. The van der Waals surface area contributed by atoms with Crippen LogP contribution >= 0.6 is 27.5 Å². The smallest absolute Gasteiger partial charge is 0.292 e. The summed E-state index contributed by atoms with van der Waals surface area (Å²) in [5.74, 6) is -1.13. The van der Waals surface area contributed by atoms with E-state index in [-0.39, 0.29) is 6.42 Å². The lowest BCUT2D eigenvalue weighted by molar-refractivity contribution is -0.126. The van der Waals surface area contributed by atoms with Crippen LogP contribution in [0.4, 0.5) is 5.69 Å². The molecule has 7 nitrogen and oxygen atoms in total. The molecular formula is C17H24BrClN2O5.